The van der Waals surface area contributed by atoms with E-state index >= 15 is 0 Å². The van der Waals surface area contributed by atoms with Crippen LogP contribution in [0.2, 0.25) is 0 Å². The number of halogens is 2. The lowest BCUT2D eigenvalue weighted by Crippen LogP contribution is -3.00. The van der Waals surface area contributed by atoms with Crippen LogP contribution < -0.4 is 40.1 Å². The van der Waals surface area contributed by atoms with Crippen molar-refractivity contribution in [1.29, 1.82) is 0 Å². The molecule has 102 valence electrons. The average Bonchev–Trinajstić information content (AvgIpc) is 2.28. The minimum atomic E-state index is 0. The van der Waals surface area contributed by atoms with E-state index in [-0.39, 0.29) is 40.1 Å². The molecule has 0 saturated heterocycles. The number of hydrogen-bond donors (Lipinski definition) is 1. The van der Waals surface area contributed by atoms with E-state index in [0.29, 0.717) is 0 Å². The summed E-state index contributed by atoms with van der Waals surface area (Å²) in [5.41, 5.74) is 1.46. The summed E-state index contributed by atoms with van der Waals surface area (Å²) in [5, 5.41) is 0. The zero-order valence-electron chi connectivity index (χ0n) is 11.4. The van der Waals surface area contributed by atoms with Gasteiger partial charge in [-0.3, -0.25) is 0 Å². The average molecular weight is 370 g/mol. The predicted molar refractivity (Wildman–Crippen MR) is 68.0 cm³/mol. The quantitative estimate of drug-likeness (QED) is 0.555. The van der Waals surface area contributed by atoms with Crippen molar-refractivity contribution in [1.82, 2.24) is 6.15 Å². The van der Waals surface area contributed by atoms with Gasteiger partial charge in [-0.25, -0.2) is 0 Å². The molecule has 0 spiro atoms. The van der Waals surface area contributed by atoms with Gasteiger partial charge >= 0.3 is 0 Å². The van der Waals surface area contributed by atoms with Gasteiger partial charge in [0.1, 0.15) is 6.54 Å². The molecule has 0 bridgehead atoms. The molecule has 2 nitrogen and oxygen atoms in total. The molecule has 0 aliphatic carbocycles. The summed E-state index contributed by atoms with van der Waals surface area (Å²) in [6, 6.07) is 10.8. The summed E-state index contributed by atoms with van der Waals surface area (Å²) in [5.74, 6) is 0. The Balaban J connectivity index is -0.000000653. The van der Waals surface area contributed by atoms with Crippen LogP contribution in [0.1, 0.15) is 26.3 Å². The topological polar surface area (TPSA) is 36.5 Å². The molecular weight excluding hydrogens is 344 g/mol. The van der Waals surface area contributed by atoms with E-state index < -0.39 is 0 Å². The van der Waals surface area contributed by atoms with Gasteiger partial charge in [-0.2, -0.15) is 0 Å². The highest BCUT2D eigenvalue weighted by Gasteiger charge is 2.20. The van der Waals surface area contributed by atoms with Crippen LogP contribution in [0.25, 0.3) is 0 Å². The number of quaternary nitrogens is 2. The SMILES string of the molecule is CC[N+](CC)(CC)Cc1ccccc1.[Br-].[Br-].[NH4+]. The minimum Gasteiger partial charge on any atom is -1.00 e. The third-order valence-corrected chi connectivity index (χ3v) is 3.37. The molecule has 1 rings (SSSR count). The summed E-state index contributed by atoms with van der Waals surface area (Å²) in [4.78, 5) is 0. The van der Waals surface area contributed by atoms with Gasteiger partial charge in [0.25, 0.3) is 0 Å². The Morgan fingerprint density at radius 2 is 1.24 bits per heavy atom. The molecule has 1 aromatic rings. The van der Waals surface area contributed by atoms with Crippen LogP contribution in [0.5, 0.6) is 0 Å². The highest BCUT2D eigenvalue weighted by Crippen LogP contribution is 2.13. The zero-order chi connectivity index (χ0) is 10.4. The van der Waals surface area contributed by atoms with Gasteiger partial charge in [0, 0.05) is 5.56 Å². The maximum absolute atomic E-state index is 2.29. The lowest BCUT2D eigenvalue weighted by molar-refractivity contribution is -0.936. The number of hydrogen-bond acceptors (Lipinski definition) is 0. The first kappa shape index (κ1) is 22.3. The fraction of sp³-hybridized carbons (Fsp3) is 0.538. The summed E-state index contributed by atoms with van der Waals surface area (Å²) < 4.78 is 1.20. The van der Waals surface area contributed by atoms with E-state index in [4.69, 9.17) is 0 Å². The van der Waals surface area contributed by atoms with E-state index in [0.717, 1.165) is 0 Å². The van der Waals surface area contributed by atoms with E-state index in [9.17, 15) is 0 Å². The van der Waals surface area contributed by atoms with Crippen LogP contribution >= 0.6 is 0 Å². The van der Waals surface area contributed by atoms with E-state index in [2.05, 4.69) is 51.1 Å². The van der Waals surface area contributed by atoms with Crippen molar-refractivity contribution < 1.29 is 38.4 Å². The predicted octanol–water partition coefficient (Wildman–Crippen LogP) is -2.55. The zero-order valence-corrected chi connectivity index (χ0v) is 14.6. The van der Waals surface area contributed by atoms with Crippen molar-refractivity contribution in [3.63, 3.8) is 0 Å². The number of benzene rings is 1. The highest BCUT2D eigenvalue weighted by molar-refractivity contribution is 5.13. The minimum absolute atomic E-state index is 0. The molecule has 0 aliphatic rings. The lowest BCUT2D eigenvalue weighted by Gasteiger charge is -2.35. The highest BCUT2D eigenvalue weighted by atomic mass is 79.9. The molecule has 1 aromatic carbocycles. The van der Waals surface area contributed by atoms with Crippen molar-refractivity contribution in [3.8, 4) is 0 Å². The summed E-state index contributed by atoms with van der Waals surface area (Å²) in [6.45, 7) is 11.7. The molecule has 0 amide bonds. The molecule has 0 aromatic heterocycles. The Kier molecular flexibility index (Phi) is 14.7. The van der Waals surface area contributed by atoms with Gasteiger partial charge in [0.2, 0.25) is 0 Å². The van der Waals surface area contributed by atoms with Gasteiger partial charge in [-0.1, -0.05) is 30.3 Å². The molecular formula is C13H26Br2N2. The van der Waals surface area contributed by atoms with Crippen LogP contribution in [0.3, 0.4) is 0 Å². The largest absolute Gasteiger partial charge is 1.00 e. The third-order valence-electron chi connectivity index (χ3n) is 3.37. The van der Waals surface area contributed by atoms with Crippen molar-refractivity contribution in [2.24, 2.45) is 0 Å². The summed E-state index contributed by atoms with van der Waals surface area (Å²) in [6.07, 6.45) is 0. The second-order valence-corrected chi connectivity index (χ2v) is 3.93. The molecule has 4 heteroatoms. The molecule has 4 N–H and O–H groups in total. The van der Waals surface area contributed by atoms with Gasteiger partial charge in [0.15, 0.2) is 0 Å². The molecule has 0 fully saturated rings. The first-order chi connectivity index (χ1) is 6.76. The van der Waals surface area contributed by atoms with Crippen LogP contribution in [0.4, 0.5) is 0 Å². The molecule has 0 aliphatic heterocycles. The smallest absolute Gasteiger partial charge is 0.104 e. The van der Waals surface area contributed by atoms with Gasteiger partial charge in [0.05, 0.1) is 19.6 Å². The van der Waals surface area contributed by atoms with Gasteiger partial charge < -0.3 is 44.6 Å². The van der Waals surface area contributed by atoms with Gasteiger partial charge in [-0.15, -0.1) is 0 Å². The monoisotopic (exact) mass is 368 g/mol. The van der Waals surface area contributed by atoms with Crippen LogP contribution in [-0.4, -0.2) is 24.1 Å². The molecule has 0 unspecified atom stereocenters. The molecule has 0 radical (unpaired) electrons. The standard InChI is InChI=1S/C13H22N.2BrH.H3N/c1-4-14(5-2,6-3)12-13-10-8-7-9-11-13;;;/h7-11H,4-6,12H2,1-3H3;2*1H;1H3/q+1;;;/p-1. The first-order valence-corrected chi connectivity index (χ1v) is 5.65. The van der Waals surface area contributed by atoms with Gasteiger partial charge in [-0.05, 0) is 20.8 Å². The van der Waals surface area contributed by atoms with Crippen molar-refractivity contribution >= 4 is 0 Å². The molecule has 0 saturated carbocycles. The molecule has 0 heterocycles. The van der Waals surface area contributed by atoms with E-state index in [1.54, 1.807) is 0 Å². The number of nitrogens with zero attached hydrogens (tertiary/aromatic N) is 1. The van der Waals surface area contributed by atoms with E-state index in [1.165, 1.54) is 36.2 Å². The Bertz CT molecular complexity index is 253. The van der Waals surface area contributed by atoms with Crippen LogP contribution in [-0.2, 0) is 6.54 Å². The fourth-order valence-corrected chi connectivity index (χ4v) is 1.98. The van der Waals surface area contributed by atoms with Crippen molar-refractivity contribution in [2.75, 3.05) is 19.6 Å². The normalized spacial score (nSPS) is 9.59. The Morgan fingerprint density at radius 1 is 0.824 bits per heavy atom. The Morgan fingerprint density at radius 3 is 1.59 bits per heavy atom. The second-order valence-electron chi connectivity index (χ2n) is 3.93. The maximum atomic E-state index is 2.29. The molecule has 0 atom stereocenters. The van der Waals surface area contributed by atoms with Crippen LogP contribution in [0.15, 0.2) is 30.3 Å². The number of rotatable bonds is 5. The first-order valence-electron chi connectivity index (χ1n) is 5.65. The second kappa shape index (κ2) is 11.2. The maximum Gasteiger partial charge on any atom is 0.104 e. The summed E-state index contributed by atoms with van der Waals surface area (Å²) in [7, 11) is 0. The fourth-order valence-electron chi connectivity index (χ4n) is 1.98. The third kappa shape index (κ3) is 6.55. The Hall–Kier alpha value is 0.1000. The van der Waals surface area contributed by atoms with Crippen LogP contribution in [0, 0.1) is 0 Å². The van der Waals surface area contributed by atoms with E-state index in [1.807, 2.05) is 0 Å². The molecule has 17 heavy (non-hydrogen) atoms. The van der Waals surface area contributed by atoms with Crippen molar-refractivity contribution in [3.05, 3.63) is 35.9 Å². The lowest BCUT2D eigenvalue weighted by atomic mass is 10.2. The Labute approximate surface area is 127 Å². The summed E-state index contributed by atoms with van der Waals surface area (Å²) >= 11 is 0. The van der Waals surface area contributed by atoms with Crippen molar-refractivity contribution in [2.45, 2.75) is 27.3 Å².